The van der Waals surface area contributed by atoms with Crippen molar-refractivity contribution >= 4 is 18.2 Å². The SMILES string of the molecule is CCCCCCCCCCCC(=O)OC(=O)C(C)O.CCCCCCCCCCC[C-]=O.[Na+]. The van der Waals surface area contributed by atoms with Crippen LogP contribution in [-0.4, -0.2) is 29.4 Å². The van der Waals surface area contributed by atoms with Crippen LogP contribution in [0.15, 0.2) is 0 Å². The van der Waals surface area contributed by atoms with Crippen LogP contribution in [0.4, 0.5) is 0 Å². The van der Waals surface area contributed by atoms with Crippen LogP contribution in [0.5, 0.6) is 0 Å². The fourth-order valence-corrected chi connectivity index (χ4v) is 3.34. The normalized spacial score (nSPS) is 11.0. The Morgan fingerprint density at radius 2 is 1.06 bits per heavy atom. The second-order valence-corrected chi connectivity index (χ2v) is 8.77. The molecule has 33 heavy (non-hydrogen) atoms. The first-order chi connectivity index (χ1) is 15.5. The molecule has 1 atom stereocenters. The minimum absolute atomic E-state index is 0. The zero-order valence-electron chi connectivity index (χ0n) is 22.3. The van der Waals surface area contributed by atoms with Crippen molar-refractivity contribution in [2.45, 2.75) is 155 Å². The summed E-state index contributed by atoms with van der Waals surface area (Å²) in [6.07, 6.45) is 24.0. The minimum atomic E-state index is -1.23. The number of aliphatic hydroxyl groups excluding tert-OH is 1. The molecule has 5 nitrogen and oxygen atoms in total. The van der Waals surface area contributed by atoms with Crippen LogP contribution in [-0.2, 0) is 19.1 Å². The molecule has 0 spiro atoms. The van der Waals surface area contributed by atoms with E-state index in [4.69, 9.17) is 5.11 Å². The van der Waals surface area contributed by atoms with E-state index in [1.54, 1.807) is 0 Å². The van der Waals surface area contributed by atoms with E-state index < -0.39 is 18.0 Å². The van der Waals surface area contributed by atoms with Crippen molar-refractivity contribution in [3.8, 4) is 0 Å². The number of carbonyl (C=O) groups is 2. The van der Waals surface area contributed by atoms with Crippen molar-refractivity contribution in [1.82, 2.24) is 0 Å². The van der Waals surface area contributed by atoms with Crippen LogP contribution in [0, 0.1) is 0 Å². The standard InChI is InChI=1S/C15H28O4.C12H23O.Na/c1-3-4-5-6-7-8-9-10-11-12-14(17)19-15(18)13(2)16;1-2-3-4-5-6-7-8-9-10-11-12-13;/h13,16H,3-12H2,1-2H3;2-11H2,1H3;/q;-1;+1. The molecule has 190 valence electrons. The van der Waals surface area contributed by atoms with Crippen molar-refractivity contribution in [2.24, 2.45) is 0 Å². The summed E-state index contributed by atoms with van der Waals surface area (Å²) in [5, 5.41) is 8.87. The number of carbonyl (C=O) groups excluding carboxylic acids is 3. The number of esters is 2. The summed E-state index contributed by atoms with van der Waals surface area (Å²) in [5.41, 5.74) is 0. The van der Waals surface area contributed by atoms with Gasteiger partial charge in [-0.2, -0.15) is 6.42 Å². The van der Waals surface area contributed by atoms with Gasteiger partial charge in [0.05, 0.1) is 0 Å². The largest absolute Gasteiger partial charge is 1.00 e. The van der Waals surface area contributed by atoms with E-state index in [9.17, 15) is 14.4 Å². The topological polar surface area (TPSA) is 80.7 Å². The first-order valence-corrected chi connectivity index (χ1v) is 13.3. The molecule has 0 amide bonds. The summed E-state index contributed by atoms with van der Waals surface area (Å²) in [6, 6.07) is 0. The molecule has 0 saturated heterocycles. The van der Waals surface area contributed by atoms with Crippen LogP contribution in [0.2, 0.25) is 0 Å². The predicted octanol–water partition coefficient (Wildman–Crippen LogP) is 4.38. The van der Waals surface area contributed by atoms with Gasteiger partial charge < -0.3 is 14.6 Å². The van der Waals surface area contributed by atoms with Gasteiger partial charge in [0.1, 0.15) is 6.10 Å². The van der Waals surface area contributed by atoms with Crippen molar-refractivity contribution in [2.75, 3.05) is 0 Å². The van der Waals surface area contributed by atoms with Gasteiger partial charge in [0.2, 0.25) is 0 Å². The van der Waals surface area contributed by atoms with Crippen LogP contribution < -0.4 is 29.6 Å². The second-order valence-electron chi connectivity index (χ2n) is 8.77. The molecule has 0 aliphatic heterocycles. The molecule has 0 bridgehead atoms. The Hall–Kier alpha value is -0.230. The van der Waals surface area contributed by atoms with Crippen LogP contribution in [0.1, 0.15) is 149 Å². The van der Waals surface area contributed by atoms with Crippen molar-refractivity contribution in [1.29, 1.82) is 0 Å². The number of hydrogen-bond donors (Lipinski definition) is 1. The molecular weight excluding hydrogens is 427 g/mol. The second kappa shape index (κ2) is 31.8. The molecule has 0 fully saturated rings. The van der Waals surface area contributed by atoms with Gasteiger partial charge in [0, 0.05) is 6.42 Å². The maximum Gasteiger partial charge on any atom is 1.00 e. The molecule has 1 N–H and O–H groups in total. The van der Waals surface area contributed by atoms with E-state index in [1.807, 2.05) is 6.29 Å². The summed E-state index contributed by atoms with van der Waals surface area (Å²) in [6.45, 7) is 5.74. The average Bonchev–Trinajstić information content (AvgIpc) is 2.77. The number of aliphatic hydroxyl groups is 1. The van der Waals surface area contributed by atoms with Gasteiger partial charge in [-0.15, -0.1) is 0 Å². The number of rotatable bonds is 21. The molecular formula is C27H51NaO5. The Labute approximate surface area is 226 Å². The van der Waals surface area contributed by atoms with E-state index in [0.29, 0.717) is 6.42 Å². The maximum atomic E-state index is 11.2. The quantitative estimate of drug-likeness (QED) is 0.0871. The van der Waals surface area contributed by atoms with Gasteiger partial charge in [-0.05, 0) is 13.3 Å². The predicted molar refractivity (Wildman–Crippen MR) is 132 cm³/mol. The van der Waals surface area contributed by atoms with Gasteiger partial charge in [0.15, 0.2) is 0 Å². The third-order valence-corrected chi connectivity index (χ3v) is 5.42. The van der Waals surface area contributed by atoms with Gasteiger partial charge in [-0.1, -0.05) is 123 Å². The first-order valence-electron chi connectivity index (χ1n) is 13.3. The fraction of sp³-hybridized carbons (Fsp3) is 0.889. The smallest absolute Gasteiger partial charge is 0.542 e. The van der Waals surface area contributed by atoms with Crippen LogP contribution in [0.25, 0.3) is 0 Å². The Morgan fingerprint density at radius 3 is 1.42 bits per heavy atom. The summed E-state index contributed by atoms with van der Waals surface area (Å²) >= 11 is 0. The average molecular weight is 479 g/mol. The number of ether oxygens (including phenoxy) is 1. The Bertz CT molecular complexity index is 427. The third-order valence-electron chi connectivity index (χ3n) is 5.42. The van der Waals surface area contributed by atoms with Gasteiger partial charge in [-0.25, -0.2) is 4.79 Å². The van der Waals surface area contributed by atoms with E-state index in [-0.39, 0.29) is 36.0 Å². The fourth-order valence-electron chi connectivity index (χ4n) is 3.34. The molecule has 0 aliphatic rings. The summed E-state index contributed by atoms with van der Waals surface area (Å²) in [4.78, 5) is 32.0. The molecule has 0 aromatic rings. The summed E-state index contributed by atoms with van der Waals surface area (Å²) in [7, 11) is 0. The molecule has 0 heterocycles. The minimum Gasteiger partial charge on any atom is -0.542 e. The zero-order chi connectivity index (χ0) is 24.3. The summed E-state index contributed by atoms with van der Waals surface area (Å²) in [5.74, 6) is -1.39. The van der Waals surface area contributed by atoms with E-state index in [1.165, 1.54) is 96.8 Å². The van der Waals surface area contributed by atoms with Gasteiger partial charge in [-0.3, -0.25) is 11.1 Å². The first kappa shape index (κ1) is 37.3. The Balaban J connectivity index is -0.000000566. The van der Waals surface area contributed by atoms with Crippen molar-refractivity contribution < 1.29 is 53.8 Å². The van der Waals surface area contributed by atoms with E-state index in [0.717, 1.165) is 25.7 Å². The molecule has 0 aromatic heterocycles. The van der Waals surface area contributed by atoms with Crippen LogP contribution in [0.3, 0.4) is 0 Å². The summed E-state index contributed by atoms with van der Waals surface area (Å²) < 4.78 is 4.46. The molecule has 0 aliphatic carbocycles. The monoisotopic (exact) mass is 478 g/mol. The third kappa shape index (κ3) is 34.0. The van der Waals surface area contributed by atoms with Crippen LogP contribution >= 0.6 is 0 Å². The van der Waals surface area contributed by atoms with E-state index >= 15 is 0 Å². The Morgan fingerprint density at radius 1 is 0.697 bits per heavy atom. The zero-order valence-corrected chi connectivity index (χ0v) is 24.3. The van der Waals surface area contributed by atoms with E-state index in [2.05, 4.69) is 18.6 Å². The van der Waals surface area contributed by atoms with Gasteiger partial charge in [0.25, 0.3) is 0 Å². The maximum absolute atomic E-state index is 11.2. The molecule has 1 unspecified atom stereocenters. The van der Waals surface area contributed by atoms with Gasteiger partial charge >= 0.3 is 41.5 Å². The number of hydrogen-bond acceptors (Lipinski definition) is 5. The molecule has 0 aromatic carbocycles. The molecule has 0 rings (SSSR count). The molecule has 0 radical (unpaired) electrons. The molecule has 6 heteroatoms. The molecule has 0 saturated carbocycles. The van der Waals surface area contributed by atoms with Crippen molar-refractivity contribution in [3.05, 3.63) is 0 Å². The van der Waals surface area contributed by atoms with Crippen molar-refractivity contribution in [3.63, 3.8) is 0 Å². The Kier molecular flexibility index (Phi) is 35.9. The number of unbranched alkanes of at least 4 members (excludes halogenated alkanes) is 17.